The van der Waals surface area contributed by atoms with E-state index in [0.717, 1.165) is 0 Å². The van der Waals surface area contributed by atoms with E-state index in [9.17, 15) is 9.59 Å². The van der Waals surface area contributed by atoms with Crippen molar-refractivity contribution in [2.45, 2.75) is 31.7 Å². The molecule has 0 aliphatic heterocycles. The van der Waals surface area contributed by atoms with E-state index in [1.165, 1.54) is 0 Å². The van der Waals surface area contributed by atoms with Crippen molar-refractivity contribution in [3.05, 3.63) is 11.5 Å². The molecule has 0 bridgehead atoms. The van der Waals surface area contributed by atoms with E-state index in [1.807, 2.05) is 0 Å². The summed E-state index contributed by atoms with van der Waals surface area (Å²) in [4.78, 5) is 20.7. The van der Waals surface area contributed by atoms with Crippen LogP contribution in [0.2, 0.25) is 0 Å². The van der Waals surface area contributed by atoms with Gasteiger partial charge in [-0.3, -0.25) is 9.59 Å². The van der Waals surface area contributed by atoms with Gasteiger partial charge in [0.1, 0.15) is 0 Å². The van der Waals surface area contributed by atoms with Gasteiger partial charge >= 0.3 is 33.0 Å². The molecule has 0 unspecified atom stereocenters. The molecule has 8 heteroatoms. The Morgan fingerprint density at radius 3 is 1.72 bits per heavy atom. The topological polar surface area (TPSA) is 148 Å². The largest absolute Gasteiger partial charge is 2.00 e. The second kappa shape index (κ2) is 9.44. The van der Waals surface area contributed by atoms with Crippen LogP contribution in [0.25, 0.3) is 11.5 Å². The van der Waals surface area contributed by atoms with E-state index in [-0.39, 0.29) is 46.5 Å². The predicted molar refractivity (Wildman–Crippen MR) is 62.5 cm³/mol. The number of nitrogens with one attached hydrogen (secondary N) is 2. The standard InChI is InChI=1S/C6H8O4.C4H11N3.Pt/c7-4(8)6(5(9)10)2-1-3-6;5-2-1-4(7)3-6;/h1-3H2,(H,7,8)(H,9,10);4-6H,1-3,7H2;/q;-2;+2/t;4-;/m.1./s1. The zero-order valence-electron chi connectivity index (χ0n) is 9.92. The quantitative estimate of drug-likeness (QED) is 0.548. The van der Waals surface area contributed by atoms with Gasteiger partial charge in [-0.15, -0.1) is 13.1 Å². The van der Waals surface area contributed by atoms with Crippen molar-refractivity contribution in [2.75, 3.05) is 13.1 Å². The Kier molecular flexibility index (Phi) is 10.4. The van der Waals surface area contributed by atoms with Gasteiger partial charge in [0.15, 0.2) is 5.41 Å². The van der Waals surface area contributed by atoms with Crippen LogP contribution in [-0.2, 0) is 30.7 Å². The molecule has 0 spiro atoms. The van der Waals surface area contributed by atoms with Crippen molar-refractivity contribution in [1.29, 1.82) is 0 Å². The predicted octanol–water partition coefficient (Wildman–Crippen LogP) is 1.13. The zero-order valence-corrected chi connectivity index (χ0v) is 12.2. The van der Waals surface area contributed by atoms with Gasteiger partial charge in [-0.25, -0.2) is 0 Å². The van der Waals surface area contributed by atoms with Crippen LogP contribution in [0.5, 0.6) is 0 Å². The van der Waals surface area contributed by atoms with Gasteiger partial charge in [-0.1, -0.05) is 6.42 Å². The van der Waals surface area contributed by atoms with E-state index in [4.69, 9.17) is 27.4 Å². The first kappa shape index (κ1) is 19.8. The molecule has 18 heavy (non-hydrogen) atoms. The Balaban J connectivity index is 0. The van der Waals surface area contributed by atoms with Crippen LogP contribution < -0.4 is 5.73 Å². The van der Waals surface area contributed by atoms with E-state index in [1.54, 1.807) is 0 Å². The molecule has 6 N–H and O–H groups in total. The summed E-state index contributed by atoms with van der Waals surface area (Å²) in [5, 5.41) is 16.9. The van der Waals surface area contributed by atoms with Crippen LogP contribution in [0, 0.1) is 5.41 Å². The SMILES string of the molecule is O=C(O)C1(C(=O)O)CCC1.[NH-]CC[C@@H](N)C[NH-].[Pt+2]. The van der Waals surface area contributed by atoms with Crippen molar-refractivity contribution in [2.24, 2.45) is 11.1 Å². The minimum atomic E-state index is -1.44. The molecule has 0 aromatic heterocycles. The average Bonchev–Trinajstić information content (AvgIpc) is 2.15. The van der Waals surface area contributed by atoms with Crippen molar-refractivity contribution >= 4 is 11.9 Å². The number of rotatable bonds is 5. The molecule has 1 aliphatic carbocycles. The zero-order chi connectivity index (χ0) is 13.5. The van der Waals surface area contributed by atoms with Gasteiger partial charge in [0, 0.05) is 0 Å². The molecular weight excluding hydrogens is 421 g/mol. The summed E-state index contributed by atoms with van der Waals surface area (Å²) in [7, 11) is 0. The molecule has 108 valence electrons. The van der Waals surface area contributed by atoms with Crippen LogP contribution >= 0.6 is 0 Å². The third kappa shape index (κ3) is 5.43. The molecule has 0 radical (unpaired) electrons. The van der Waals surface area contributed by atoms with Gasteiger partial charge in [-0.2, -0.15) is 0 Å². The molecule has 0 aromatic rings. The second-order valence-corrected chi connectivity index (χ2v) is 4.05. The van der Waals surface area contributed by atoms with Gasteiger partial charge in [0.2, 0.25) is 0 Å². The summed E-state index contributed by atoms with van der Waals surface area (Å²) in [5.41, 5.74) is 17.2. The maximum Gasteiger partial charge on any atom is 2.00 e. The monoisotopic (exact) mass is 440 g/mol. The maximum absolute atomic E-state index is 10.4. The van der Waals surface area contributed by atoms with E-state index in [2.05, 4.69) is 0 Å². The van der Waals surface area contributed by atoms with Gasteiger partial charge in [0.25, 0.3) is 0 Å². The van der Waals surface area contributed by atoms with Crippen molar-refractivity contribution in [1.82, 2.24) is 0 Å². The molecule has 1 saturated carbocycles. The first-order valence-electron chi connectivity index (χ1n) is 5.42. The molecule has 1 aliphatic rings. The third-order valence-electron chi connectivity index (χ3n) is 2.80. The summed E-state index contributed by atoms with van der Waals surface area (Å²) in [5.74, 6) is -2.41. The van der Waals surface area contributed by atoms with Crippen LogP contribution in [0.1, 0.15) is 25.7 Å². The number of carboxylic acids is 2. The average molecular weight is 440 g/mol. The molecule has 0 amide bonds. The van der Waals surface area contributed by atoms with E-state index >= 15 is 0 Å². The molecule has 0 aromatic carbocycles. The van der Waals surface area contributed by atoms with Crippen LogP contribution in [-0.4, -0.2) is 41.3 Å². The second-order valence-electron chi connectivity index (χ2n) is 4.05. The van der Waals surface area contributed by atoms with Crippen molar-refractivity contribution in [3.8, 4) is 0 Å². The molecule has 1 fully saturated rings. The number of hydrogen-bond acceptors (Lipinski definition) is 3. The minimum absolute atomic E-state index is 0. The van der Waals surface area contributed by atoms with Crippen LogP contribution in [0.4, 0.5) is 0 Å². The fourth-order valence-electron chi connectivity index (χ4n) is 1.34. The molecule has 1 atom stereocenters. The first-order chi connectivity index (χ1) is 7.90. The molecule has 1 rings (SSSR count). The van der Waals surface area contributed by atoms with E-state index < -0.39 is 17.4 Å². The Morgan fingerprint density at radius 1 is 1.22 bits per heavy atom. The maximum atomic E-state index is 10.4. The fraction of sp³-hybridized carbons (Fsp3) is 0.800. The van der Waals surface area contributed by atoms with Crippen molar-refractivity contribution < 1.29 is 40.9 Å². The first-order valence-corrected chi connectivity index (χ1v) is 5.42. The fourth-order valence-corrected chi connectivity index (χ4v) is 1.34. The Morgan fingerprint density at radius 2 is 1.67 bits per heavy atom. The van der Waals surface area contributed by atoms with E-state index in [0.29, 0.717) is 19.4 Å². The smallest absolute Gasteiger partial charge is 0.677 e. The Bertz CT molecular complexity index is 256. The number of carbonyl (C=O) groups is 2. The summed E-state index contributed by atoms with van der Waals surface area (Å²) < 4.78 is 0. The Labute approximate surface area is 120 Å². The number of nitrogens with two attached hydrogens (primary N) is 1. The molecular formula is C10H19N3O4Pt. The summed E-state index contributed by atoms with van der Waals surface area (Å²) in [6.07, 6.45) is 1.91. The Hall–Kier alpha value is -0.492. The van der Waals surface area contributed by atoms with Crippen LogP contribution in [0.15, 0.2) is 0 Å². The number of carboxylic acid groups (broad SMARTS) is 2. The molecule has 0 saturated heterocycles. The molecule has 7 nitrogen and oxygen atoms in total. The van der Waals surface area contributed by atoms with Gasteiger partial charge in [-0.05, 0) is 25.3 Å². The summed E-state index contributed by atoms with van der Waals surface area (Å²) in [6, 6.07) is -0.0718. The summed E-state index contributed by atoms with van der Waals surface area (Å²) >= 11 is 0. The van der Waals surface area contributed by atoms with Gasteiger partial charge in [0.05, 0.1) is 0 Å². The number of aliphatic carboxylic acids is 2. The third-order valence-corrected chi connectivity index (χ3v) is 2.80. The summed E-state index contributed by atoms with van der Waals surface area (Å²) in [6.45, 7) is 0.596. The van der Waals surface area contributed by atoms with Crippen molar-refractivity contribution in [3.63, 3.8) is 0 Å². The van der Waals surface area contributed by atoms with Crippen LogP contribution in [0.3, 0.4) is 0 Å². The van der Waals surface area contributed by atoms with Gasteiger partial charge < -0.3 is 27.4 Å². The normalized spacial score (nSPS) is 17.3. The number of hydrogen-bond donors (Lipinski definition) is 3. The molecule has 0 heterocycles. The minimum Gasteiger partial charge on any atom is -0.677 e.